The van der Waals surface area contributed by atoms with Crippen molar-refractivity contribution in [3.05, 3.63) is 29.1 Å². The summed E-state index contributed by atoms with van der Waals surface area (Å²) in [5.74, 6) is -2.40. The van der Waals surface area contributed by atoms with E-state index in [2.05, 4.69) is 0 Å². The Morgan fingerprint density at radius 3 is 2.40 bits per heavy atom. The first-order valence-corrected chi connectivity index (χ1v) is 6.02. The van der Waals surface area contributed by atoms with Crippen molar-refractivity contribution in [2.75, 3.05) is 0 Å². The lowest BCUT2D eigenvalue weighted by molar-refractivity contribution is 0.0695. The number of aryl methyl sites for hydroxylation is 1. The summed E-state index contributed by atoms with van der Waals surface area (Å²) in [6.07, 6.45) is 0. The third-order valence-electron chi connectivity index (χ3n) is 1.77. The molecule has 1 aromatic carbocycles. The number of benzene rings is 1. The van der Waals surface area contributed by atoms with Crippen LogP contribution in [-0.2, 0) is 9.05 Å². The molecule has 0 aromatic heterocycles. The first-order chi connectivity index (χ1) is 6.73. The maximum absolute atomic E-state index is 13.1. The van der Waals surface area contributed by atoms with Gasteiger partial charge in [0.05, 0.1) is 5.56 Å². The molecule has 0 radical (unpaired) electrons. The standard InChI is InChI=1S/C8H6ClFO4S/c1-4-2-6(10)7(15(9,13)14)3-5(4)8(11)12/h2-3H,1H3,(H,11,12). The Morgan fingerprint density at radius 2 is 2.00 bits per heavy atom. The van der Waals surface area contributed by atoms with E-state index in [1.807, 2.05) is 0 Å². The fraction of sp³-hybridized carbons (Fsp3) is 0.125. The quantitative estimate of drug-likeness (QED) is 0.814. The minimum absolute atomic E-state index is 0.129. The summed E-state index contributed by atoms with van der Waals surface area (Å²) in [6, 6.07) is 1.52. The van der Waals surface area contributed by atoms with Crippen LogP contribution in [0.3, 0.4) is 0 Å². The van der Waals surface area contributed by atoms with Gasteiger partial charge in [-0.05, 0) is 24.6 Å². The van der Waals surface area contributed by atoms with E-state index >= 15 is 0 Å². The van der Waals surface area contributed by atoms with Crippen molar-refractivity contribution in [2.24, 2.45) is 0 Å². The number of carboxylic acid groups (broad SMARTS) is 1. The second-order valence-corrected chi connectivity index (χ2v) is 5.37. The SMILES string of the molecule is Cc1cc(F)c(S(=O)(=O)Cl)cc1C(=O)O. The molecule has 4 nitrogen and oxygen atoms in total. The van der Waals surface area contributed by atoms with Crippen molar-refractivity contribution >= 4 is 25.7 Å². The van der Waals surface area contributed by atoms with E-state index < -0.39 is 25.7 Å². The third kappa shape index (κ3) is 2.45. The topological polar surface area (TPSA) is 71.4 Å². The first kappa shape index (κ1) is 11.9. The molecule has 0 heterocycles. The van der Waals surface area contributed by atoms with Crippen LogP contribution in [0.25, 0.3) is 0 Å². The maximum atomic E-state index is 13.1. The van der Waals surface area contributed by atoms with Gasteiger partial charge < -0.3 is 5.11 Å². The van der Waals surface area contributed by atoms with Crippen LogP contribution in [0.2, 0.25) is 0 Å². The lowest BCUT2D eigenvalue weighted by Crippen LogP contribution is -2.04. The van der Waals surface area contributed by atoms with E-state index in [0.29, 0.717) is 6.07 Å². The zero-order valence-corrected chi connectivity index (χ0v) is 9.06. The maximum Gasteiger partial charge on any atom is 0.335 e. The highest BCUT2D eigenvalue weighted by Gasteiger charge is 2.20. The van der Waals surface area contributed by atoms with Crippen LogP contribution < -0.4 is 0 Å². The molecule has 0 bridgehead atoms. The summed E-state index contributed by atoms with van der Waals surface area (Å²) in [6.45, 7) is 1.36. The number of aromatic carboxylic acids is 1. The van der Waals surface area contributed by atoms with Crippen LogP contribution in [0.1, 0.15) is 15.9 Å². The average Bonchev–Trinajstić information content (AvgIpc) is 2.00. The first-order valence-electron chi connectivity index (χ1n) is 3.71. The van der Waals surface area contributed by atoms with Crippen molar-refractivity contribution in [1.82, 2.24) is 0 Å². The fourth-order valence-corrected chi connectivity index (χ4v) is 1.98. The minimum Gasteiger partial charge on any atom is -0.478 e. The van der Waals surface area contributed by atoms with Gasteiger partial charge in [0, 0.05) is 10.7 Å². The molecule has 0 saturated carbocycles. The molecule has 0 atom stereocenters. The van der Waals surface area contributed by atoms with Crippen LogP contribution in [0.5, 0.6) is 0 Å². The lowest BCUT2D eigenvalue weighted by Gasteiger charge is -2.04. The zero-order chi connectivity index (χ0) is 11.8. The normalized spacial score (nSPS) is 11.4. The molecule has 0 amide bonds. The number of halogens is 2. The molecule has 82 valence electrons. The van der Waals surface area contributed by atoms with Crippen molar-refractivity contribution in [1.29, 1.82) is 0 Å². The molecule has 1 N–H and O–H groups in total. The van der Waals surface area contributed by atoms with E-state index in [9.17, 15) is 17.6 Å². The average molecular weight is 253 g/mol. The van der Waals surface area contributed by atoms with E-state index in [0.717, 1.165) is 6.07 Å². The van der Waals surface area contributed by atoms with Gasteiger partial charge in [0.15, 0.2) is 0 Å². The second kappa shape index (κ2) is 3.79. The highest BCUT2D eigenvalue weighted by Crippen LogP contribution is 2.22. The highest BCUT2D eigenvalue weighted by molar-refractivity contribution is 8.13. The van der Waals surface area contributed by atoms with Crippen LogP contribution >= 0.6 is 10.7 Å². The second-order valence-electron chi connectivity index (χ2n) is 2.84. The van der Waals surface area contributed by atoms with Gasteiger partial charge in [-0.15, -0.1) is 0 Å². The van der Waals surface area contributed by atoms with Crippen LogP contribution in [-0.4, -0.2) is 19.5 Å². The van der Waals surface area contributed by atoms with Crippen molar-refractivity contribution in [3.8, 4) is 0 Å². The predicted molar refractivity (Wildman–Crippen MR) is 51.1 cm³/mol. The van der Waals surface area contributed by atoms with E-state index in [4.69, 9.17) is 15.8 Å². The van der Waals surface area contributed by atoms with Gasteiger partial charge in [0.1, 0.15) is 10.7 Å². The number of hydrogen-bond acceptors (Lipinski definition) is 3. The van der Waals surface area contributed by atoms with Gasteiger partial charge in [-0.3, -0.25) is 0 Å². The van der Waals surface area contributed by atoms with Crippen LogP contribution in [0, 0.1) is 12.7 Å². The predicted octanol–water partition coefficient (Wildman–Crippen LogP) is 1.76. The van der Waals surface area contributed by atoms with Gasteiger partial charge in [-0.2, -0.15) is 0 Å². The molecule has 1 rings (SSSR count). The summed E-state index contributed by atoms with van der Waals surface area (Å²) in [5, 5.41) is 8.69. The van der Waals surface area contributed by atoms with Crippen molar-refractivity contribution in [3.63, 3.8) is 0 Å². The molecule has 0 fully saturated rings. The Labute approximate surface area is 89.7 Å². The zero-order valence-electron chi connectivity index (χ0n) is 7.49. The number of carbonyl (C=O) groups is 1. The van der Waals surface area contributed by atoms with Gasteiger partial charge in [-0.25, -0.2) is 17.6 Å². The molecule has 0 unspecified atom stereocenters. The molecule has 1 aromatic rings. The Balaban J connectivity index is 3.58. The Kier molecular flexibility index (Phi) is 3.01. The van der Waals surface area contributed by atoms with Gasteiger partial charge >= 0.3 is 5.97 Å². The number of hydrogen-bond donors (Lipinski definition) is 1. The molecule has 15 heavy (non-hydrogen) atoms. The largest absolute Gasteiger partial charge is 0.478 e. The van der Waals surface area contributed by atoms with Crippen molar-refractivity contribution < 1.29 is 22.7 Å². The molecule has 0 spiro atoms. The summed E-state index contributed by atoms with van der Waals surface area (Å²) in [7, 11) is 0.660. The number of carboxylic acids is 1. The molecule has 7 heteroatoms. The van der Waals surface area contributed by atoms with Crippen molar-refractivity contribution in [2.45, 2.75) is 11.8 Å². The van der Waals surface area contributed by atoms with E-state index in [-0.39, 0.29) is 11.1 Å². The fourth-order valence-electron chi connectivity index (χ4n) is 1.07. The molecule has 0 aliphatic rings. The van der Waals surface area contributed by atoms with Crippen LogP contribution in [0.15, 0.2) is 17.0 Å². The molecule has 0 aliphatic heterocycles. The summed E-state index contributed by atoms with van der Waals surface area (Å²) >= 11 is 0. The van der Waals surface area contributed by atoms with Gasteiger partial charge in [0.2, 0.25) is 0 Å². The summed E-state index contributed by atoms with van der Waals surface area (Å²) in [5.41, 5.74) is -0.167. The van der Waals surface area contributed by atoms with E-state index in [1.165, 1.54) is 6.92 Å². The number of rotatable bonds is 2. The molecule has 0 saturated heterocycles. The summed E-state index contributed by atoms with van der Waals surface area (Å²) in [4.78, 5) is 9.83. The Hall–Kier alpha value is -1.14. The molecular weight excluding hydrogens is 247 g/mol. The Morgan fingerprint density at radius 1 is 1.47 bits per heavy atom. The molecule has 0 aliphatic carbocycles. The van der Waals surface area contributed by atoms with E-state index in [1.54, 1.807) is 0 Å². The van der Waals surface area contributed by atoms with Gasteiger partial charge in [-0.1, -0.05) is 0 Å². The minimum atomic E-state index is -4.27. The van der Waals surface area contributed by atoms with Crippen LogP contribution in [0.4, 0.5) is 4.39 Å². The third-order valence-corrected chi connectivity index (χ3v) is 3.11. The Bertz CT molecular complexity index is 524. The highest BCUT2D eigenvalue weighted by atomic mass is 35.7. The summed E-state index contributed by atoms with van der Waals surface area (Å²) < 4.78 is 34.9. The monoisotopic (exact) mass is 252 g/mol. The van der Waals surface area contributed by atoms with Gasteiger partial charge in [0.25, 0.3) is 9.05 Å². The smallest absolute Gasteiger partial charge is 0.335 e. The molecular formula is C8H6ClFO4S. The lowest BCUT2D eigenvalue weighted by atomic mass is 10.1.